The lowest BCUT2D eigenvalue weighted by molar-refractivity contribution is 0.390. The highest BCUT2D eigenvalue weighted by Crippen LogP contribution is 2.14. The van der Waals surface area contributed by atoms with Gasteiger partial charge < -0.3 is 9.11 Å². The minimum absolute atomic E-state index is 0.0444. The molecular formula is C5H14O3S. The molecule has 2 N–H and O–H groups in total. The average molecular weight is 154 g/mol. The fourth-order valence-corrected chi connectivity index (χ4v) is 2.30. The predicted octanol–water partition coefficient (Wildman–Crippen LogP) is 1.04. The predicted molar refractivity (Wildman–Crippen MR) is 39.0 cm³/mol. The Kier molecular flexibility index (Phi) is 2.05. The van der Waals surface area contributed by atoms with Gasteiger partial charge in [0.25, 0.3) is 0 Å². The van der Waals surface area contributed by atoms with Crippen LogP contribution >= 0.6 is 0 Å². The molecule has 0 aromatic heterocycles. The maximum atomic E-state index is 10.7. The summed E-state index contributed by atoms with van der Waals surface area (Å²) in [7, 11) is -4.20. The second kappa shape index (κ2) is 2.04. The quantitative estimate of drug-likeness (QED) is 0.624. The molecule has 58 valence electrons. The SMILES string of the molecule is CC(C)CS(C)(=O)(O)O. The second-order valence-electron chi connectivity index (χ2n) is 2.99. The van der Waals surface area contributed by atoms with Crippen molar-refractivity contribution in [3.8, 4) is 0 Å². The molecule has 0 spiro atoms. The van der Waals surface area contributed by atoms with Crippen molar-refractivity contribution in [1.29, 1.82) is 0 Å². The molecule has 0 atom stereocenters. The minimum atomic E-state index is -4.20. The molecule has 0 aliphatic rings. The zero-order valence-electron chi connectivity index (χ0n) is 6.00. The van der Waals surface area contributed by atoms with E-state index in [0.29, 0.717) is 0 Å². The normalized spacial score (nSPS) is 17.3. The Hall–Kier alpha value is 0.0700. The van der Waals surface area contributed by atoms with E-state index in [1.807, 2.05) is 0 Å². The van der Waals surface area contributed by atoms with Gasteiger partial charge in [0.15, 0.2) is 0 Å². The van der Waals surface area contributed by atoms with Crippen molar-refractivity contribution >= 4 is 9.63 Å². The topological polar surface area (TPSA) is 57.5 Å². The van der Waals surface area contributed by atoms with Gasteiger partial charge in [-0.05, 0) is 5.92 Å². The first kappa shape index (κ1) is 9.07. The van der Waals surface area contributed by atoms with E-state index in [-0.39, 0.29) is 11.7 Å². The third-order valence-corrected chi connectivity index (χ3v) is 2.15. The van der Waals surface area contributed by atoms with Gasteiger partial charge in [0.05, 0.1) is 9.63 Å². The van der Waals surface area contributed by atoms with Crippen LogP contribution in [0.4, 0.5) is 0 Å². The van der Waals surface area contributed by atoms with Crippen LogP contribution in [0.15, 0.2) is 0 Å². The number of hydrogen-bond donors (Lipinski definition) is 2. The zero-order valence-corrected chi connectivity index (χ0v) is 6.81. The highest BCUT2D eigenvalue weighted by Gasteiger charge is 2.23. The standard InChI is InChI=1S/C5H14O3S/c1-5(2)4-9(3,6,7)8/h5H,4H2,1-3H3,(H2,6,7,8). The summed E-state index contributed by atoms with van der Waals surface area (Å²) in [5.41, 5.74) is 0. The summed E-state index contributed by atoms with van der Waals surface area (Å²) >= 11 is 0. The maximum Gasteiger partial charge on any atom is 0.0801 e. The molecule has 0 unspecified atom stereocenters. The van der Waals surface area contributed by atoms with Gasteiger partial charge in [0.2, 0.25) is 0 Å². The summed E-state index contributed by atoms with van der Waals surface area (Å²) in [6.45, 7) is 3.56. The van der Waals surface area contributed by atoms with Crippen molar-refractivity contribution in [2.45, 2.75) is 13.8 Å². The molecule has 0 aromatic carbocycles. The van der Waals surface area contributed by atoms with E-state index in [4.69, 9.17) is 9.11 Å². The third kappa shape index (κ3) is 8.07. The molecule has 0 fully saturated rings. The average Bonchev–Trinajstić information content (AvgIpc) is 1.16. The van der Waals surface area contributed by atoms with Gasteiger partial charge in [-0.15, -0.1) is 0 Å². The second-order valence-corrected chi connectivity index (χ2v) is 6.18. The van der Waals surface area contributed by atoms with Crippen molar-refractivity contribution in [2.75, 3.05) is 12.0 Å². The molecule has 9 heavy (non-hydrogen) atoms. The lowest BCUT2D eigenvalue weighted by Gasteiger charge is -2.26. The van der Waals surface area contributed by atoms with Gasteiger partial charge >= 0.3 is 0 Å². The van der Waals surface area contributed by atoms with Crippen LogP contribution in [0.1, 0.15) is 13.8 Å². The van der Waals surface area contributed by atoms with Gasteiger partial charge in [-0.3, -0.25) is 0 Å². The largest absolute Gasteiger partial charge is 0.308 e. The van der Waals surface area contributed by atoms with Crippen LogP contribution in [-0.4, -0.2) is 25.3 Å². The van der Waals surface area contributed by atoms with E-state index >= 15 is 0 Å². The smallest absolute Gasteiger partial charge is 0.0801 e. The highest BCUT2D eigenvalue weighted by molar-refractivity contribution is 8.09. The van der Waals surface area contributed by atoms with Gasteiger partial charge in [-0.1, -0.05) is 13.8 Å². The minimum Gasteiger partial charge on any atom is -0.308 e. The van der Waals surface area contributed by atoms with Crippen molar-refractivity contribution in [3.05, 3.63) is 0 Å². The number of hydrogen-bond acceptors (Lipinski definition) is 1. The van der Waals surface area contributed by atoms with Crippen molar-refractivity contribution in [3.63, 3.8) is 0 Å². The zero-order chi connectivity index (χ0) is 7.73. The Morgan fingerprint density at radius 2 is 1.78 bits per heavy atom. The molecule has 0 aliphatic carbocycles. The third-order valence-electron chi connectivity index (χ3n) is 0.717. The summed E-state index contributed by atoms with van der Waals surface area (Å²) in [6.07, 6.45) is 0.969. The summed E-state index contributed by atoms with van der Waals surface area (Å²) in [4.78, 5) is 0. The first-order valence-corrected chi connectivity index (χ1v) is 5.25. The fourth-order valence-electron chi connectivity index (χ4n) is 0.768. The van der Waals surface area contributed by atoms with Crippen LogP contribution in [0, 0.1) is 5.92 Å². The van der Waals surface area contributed by atoms with Crippen molar-refractivity contribution < 1.29 is 13.3 Å². The molecule has 0 saturated heterocycles. The Balaban J connectivity index is 4.07. The van der Waals surface area contributed by atoms with Crippen LogP contribution in [0.3, 0.4) is 0 Å². The number of rotatable bonds is 2. The summed E-state index contributed by atoms with van der Waals surface area (Å²) in [5.74, 6) is 0.00139. The van der Waals surface area contributed by atoms with E-state index in [2.05, 4.69) is 0 Å². The monoisotopic (exact) mass is 154 g/mol. The van der Waals surface area contributed by atoms with Gasteiger partial charge in [0, 0.05) is 12.0 Å². The lowest BCUT2D eigenvalue weighted by atomic mass is 10.3. The molecule has 0 radical (unpaired) electrons. The van der Waals surface area contributed by atoms with Crippen LogP contribution in [-0.2, 0) is 9.63 Å². The van der Waals surface area contributed by atoms with E-state index in [0.717, 1.165) is 6.26 Å². The Labute approximate surface area is 55.5 Å². The van der Waals surface area contributed by atoms with E-state index in [1.54, 1.807) is 13.8 Å². The molecule has 0 saturated carbocycles. The molecule has 4 heteroatoms. The molecular weight excluding hydrogens is 140 g/mol. The Bertz CT molecular complexity index is 145. The molecule has 0 aromatic rings. The van der Waals surface area contributed by atoms with Crippen molar-refractivity contribution in [1.82, 2.24) is 0 Å². The van der Waals surface area contributed by atoms with Crippen LogP contribution < -0.4 is 0 Å². The van der Waals surface area contributed by atoms with Crippen LogP contribution in [0.2, 0.25) is 0 Å². The maximum absolute atomic E-state index is 10.7. The molecule has 3 nitrogen and oxygen atoms in total. The molecule has 0 bridgehead atoms. The van der Waals surface area contributed by atoms with Crippen LogP contribution in [0.5, 0.6) is 0 Å². The van der Waals surface area contributed by atoms with Crippen LogP contribution in [0.25, 0.3) is 0 Å². The Morgan fingerprint density at radius 1 is 1.44 bits per heavy atom. The molecule has 0 aliphatic heterocycles. The van der Waals surface area contributed by atoms with Gasteiger partial charge in [-0.25, -0.2) is 4.21 Å². The Morgan fingerprint density at radius 3 is 1.78 bits per heavy atom. The summed E-state index contributed by atoms with van der Waals surface area (Å²) in [6, 6.07) is 0. The fraction of sp³-hybridized carbons (Fsp3) is 1.00. The first-order chi connectivity index (χ1) is 3.67. The molecule has 0 amide bonds. The molecule has 0 rings (SSSR count). The summed E-state index contributed by atoms with van der Waals surface area (Å²) in [5, 5.41) is 0. The van der Waals surface area contributed by atoms with E-state index in [1.165, 1.54) is 0 Å². The lowest BCUT2D eigenvalue weighted by Crippen LogP contribution is -2.35. The first-order valence-electron chi connectivity index (χ1n) is 2.79. The molecule has 0 heterocycles. The summed E-state index contributed by atoms with van der Waals surface area (Å²) < 4.78 is 28.2. The van der Waals surface area contributed by atoms with Gasteiger partial charge in [0.1, 0.15) is 0 Å². The van der Waals surface area contributed by atoms with Crippen molar-refractivity contribution in [2.24, 2.45) is 5.92 Å². The van der Waals surface area contributed by atoms with E-state index < -0.39 is 9.63 Å². The van der Waals surface area contributed by atoms with Gasteiger partial charge in [-0.2, -0.15) is 0 Å². The highest BCUT2D eigenvalue weighted by atomic mass is 32.3. The van der Waals surface area contributed by atoms with E-state index in [9.17, 15) is 4.21 Å².